The number of morpholine rings is 1. The number of ether oxygens (including phenoxy) is 1. The molecule has 2 aliphatic rings. The highest BCUT2D eigenvalue weighted by atomic mass is 16.5. The van der Waals surface area contributed by atoms with Crippen LogP contribution in [0.3, 0.4) is 0 Å². The summed E-state index contributed by atoms with van der Waals surface area (Å²) in [6.07, 6.45) is 2.50. The first kappa shape index (κ1) is 17.8. The number of carbonyl (C=O) groups is 1. The summed E-state index contributed by atoms with van der Waals surface area (Å²) < 4.78 is 5.37. The van der Waals surface area contributed by atoms with Crippen LogP contribution in [0.25, 0.3) is 0 Å². The van der Waals surface area contributed by atoms with Gasteiger partial charge in [-0.15, -0.1) is 0 Å². The van der Waals surface area contributed by atoms with Gasteiger partial charge in [0.1, 0.15) is 0 Å². The number of anilines is 2. The molecule has 2 fully saturated rings. The van der Waals surface area contributed by atoms with Gasteiger partial charge in [0.2, 0.25) is 5.95 Å². The molecule has 1 aromatic carbocycles. The Balaban J connectivity index is 1.39. The summed E-state index contributed by atoms with van der Waals surface area (Å²) in [5.74, 6) is 0.279. The zero-order valence-electron chi connectivity index (χ0n) is 15.0. The number of nitrogens with zero attached hydrogens (tertiary/aromatic N) is 4. The van der Waals surface area contributed by atoms with Gasteiger partial charge in [0.15, 0.2) is 0 Å². The smallest absolute Gasteiger partial charge is 0.257 e. The quantitative estimate of drug-likeness (QED) is 0.821. The lowest BCUT2D eigenvalue weighted by Gasteiger charge is -2.33. The van der Waals surface area contributed by atoms with Gasteiger partial charge in [-0.1, -0.05) is 18.2 Å². The molecule has 3 heterocycles. The second kappa shape index (κ2) is 7.99. The molecule has 2 aromatic rings. The molecule has 0 bridgehead atoms. The van der Waals surface area contributed by atoms with Crippen LogP contribution >= 0.6 is 0 Å². The van der Waals surface area contributed by atoms with Crippen LogP contribution in [0.5, 0.6) is 0 Å². The van der Waals surface area contributed by atoms with E-state index in [1.54, 1.807) is 4.90 Å². The molecule has 142 valence electrons. The van der Waals surface area contributed by atoms with Crippen molar-refractivity contribution in [3.63, 3.8) is 0 Å². The summed E-state index contributed by atoms with van der Waals surface area (Å²) in [4.78, 5) is 25.1. The number of hydrogen-bond donors (Lipinski definition) is 2. The first-order chi connectivity index (χ1) is 13.2. The Morgan fingerprint density at radius 1 is 1.11 bits per heavy atom. The van der Waals surface area contributed by atoms with Crippen molar-refractivity contribution in [2.75, 3.05) is 44.7 Å². The van der Waals surface area contributed by atoms with E-state index in [4.69, 9.17) is 4.74 Å². The van der Waals surface area contributed by atoms with Crippen molar-refractivity contribution < 1.29 is 14.6 Å². The summed E-state index contributed by atoms with van der Waals surface area (Å²) in [6, 6.07) is 9.56. The Morgan fingerprint density at radius 2 is 1.81 bits per heavy atom. The Hall–Kier alpha value is -2.55. The number of carbonyl (C=O) groups excluding carboxylic acids is 1. The molecule has 2 N–H and O–H groups in total. The third-order valence-corrected chi connectivity index (χ3v) is 4.99. The highest BCUT2D eigenvalue weighted by molar-refractivity contribution is 5.94. The molecule has 0 spiro atoms. The number of hydrogen-bond acceptors (Lipinski definition) is 7. The van der Waals surface area contributed by atoms with Crippen molar-refractivity contribution >= 4 is 17.5 Å². The van der Waals surface area contributed by atoms with Crippen molar-refractivity contribution in [1.29, 1.82) is 0 Å². The van der Waals surface area contributed by atoms with Gasteiger partial charge < -0.3 is 20.1 Å². The van der Waals surface area contributed by atoms with Crippen LogP contribution in [0.2, 0.25) is 0 Å². The SMILES string of the molecule is O=C(c1cnc(Nc2ccccc2)nc1)N1C[C@H](O)[C@@H](N2CCOCC2)C1. The number of amides is 1. The molecule has 8 heteroatoms. The van der Waals surface area contributed by atoms with E-state index < -0.39 is 6.10 Å². The van der Waals surface area contributed by atoms with Gasteiger partial charge in [-0.3, -0.25) is 9.69 Å². The minimum Gasteiger partial charge on any atom is -0.390 e. The zero-order valence-corrected chi connectivity index (χ0v) is 15.0. The Kier molecular flexibility index (Phi) is 5.28. The van der Waals surface area contributed by atoms with E-state index in [2.05, 4.69) is 20.2 Å². The second-order valence-electron chi connectivity index (χ2n) is 6.78. The minimum atomic E-state index is -0.549. The molecule has 2 saturated heterocycles. The summed E-state index contributed by atoms with van der Waals surface area (Å²) in [5.41, 5.74) is 1.30. The molecule has 27 heavy (non-hydrogen) atoms. The standard InChI is InChI=1S/C19H23N5O3/c25-17-13-24(12-16(17)23-6-8-27-9-7-23)18(26)14-10-20-19(21-11-14)22-15-4-2-1-3-5-15/h1-5,10-11,16-17,25H,6-9,12-13H2,(H,20,21,22)/t16-,17-/m0/s1. The molecule has 8 nitrogen and oxygen atoms in total. The van der Waals surface area contributed by atoms with Gasteiger partial charge in [0, 0.05) is 44.3 Å². The van der Waals surface area contributed by atoms with Crippen LogP contribution in [-0.2, 0) is 4.74 Å². The fraction of sp³-hybridized carbons (Fsp3) is 0.421. The Morgan fingerprint density at radius 3 is 2.52 bits per heavy atom. The number of benzene rings is 1. The summed E-state index contributed by atoms with van der Waals surface area (Å²) in [6.45, 7) is 3.73. The monoisotopic (exact) mass is 369 g/mol. The molecular weight excluding hydrogens is 346 g/mol. The first-order valence-electron chi connectivity index (χ1n) is 9.14. The summed E-state index contributed by atoms with van der Waals surface area (Å²) >= 11 is 0. The van der Waals surface area contributed by atoms with Crippen molar-refractivity contribution in [3.8, 4) is 0 Å². The van der Waals surface area contributed by atoms with Crippen molar-refractivity contribution in [3.05, 3.63) is 48.3 Å². The summed E-state index contributed by atoms with van der Waals surface area (Å²) in [7, 11) is 0. The van der Waals surface area contributed by atoms with Gasteiger partial charge in [0.25, 0.3) is 5.91 Å². The van der Waals surface area contributed by atoms with Crippen LogP contribution in [0.4, 0.5) is 11.6 Å². The molecule has 2 aliphatic heterocycles. The van der Waals surface area contributed by atoms with Crippen LogP contribution in [0, 0.1) is 0 Å². The third-order valence-electron chi connectivity index (χ3n) is 4.99. The third kappa shape index (κ3) is 4.08. The summed E-state index contributed by atoms with van der Waals surface area (Å²) in [5, 5.41) is 13.5. The molecule has 1 aromatic heterocycles. The van der Waals surface area contributed by atoms with E-state index in [0.29, 0.717) is 37.8 Å². The Bertz CT molecular complexity index is 765. The molecule has 4 rings (SSSR count). The largest absolute Gasteiger partial charge is 0.390 e. The predicted molar refractivity (Wildman–Crippen MR) is 99.8 cm³/mol. The molecule has 0 unspecified atom stereocenters. The van der Waals surface area contributed by atoms with Gasteiger partial charge in [-0.25, -0.2) is 9.97 Å². The van der Waals surface area contributed by atoms with Gasteiger partial charge in [-0.05, 0) is 12.1 Å². The van der Waals surface area contributed by atoms with Crippen LogP contribution in [0.1, 0.15) is 10.4 Å². The maximum Gasteiger partial charge on any atom is 0.257 e. The van der Waals surface area contributed by atoms with Crippen molar-refractivity contribution in [2.45, 2.75) is 12.1 Å². The van der Waals surface area contributed by atoms with Crippen molar-refractivity contribution in [1.82, 2.24) is 19.8 Å². The van der Waals surface area contributed by atoms with E-state index in [9.17, 15) is 9.90 Å². The van der Waals surface area contributed by atoms with E-state index >= 15 is 0 Å². The molecule has 2 atom stereocenters. The number of aliphatic hydroxyl groups is 1. The van der Waals surface area contributed by atoms with E-state index in [0.717, 1.165) is 18.8 Å². The van der Waals surface area contributed by atoms with E-state index in [1.807, 2.05) is 30.3 Å². The highest BCUT2D eigenvalue weighted by Crippen LogP contribution is 2.20. The number of nitrogens with one attached hydrogen (secondary N) is 1. The lowest BCUT2D eigenvalue weighted by molar-refractivity contribution is -0.00611. The van der Waals surface area contributed by atoms with Crippen LogP contribution in [0.15, 0.2) is 42.7 Å². The lowest BCUT2D eigenvalue weighted by atomic mass is 10.1. The fourth-order valence-electron chi connectivity index (χ4n) is 3.54. The maximum atomic E-state index is 12.8. The van der Waals surface area contributed by atoms with Crippen LogP contribution < -0.4 is 5.32 Å². The number of likely N-dealkylation sites (tertiary alicyclic amines) is 1. The van der Waals surface area contributed by atoms with Gasteiger partial charge in [0.05, 0.1) is 30.9 Å². The van der Waals surface area contributed by atoms with Crippen molar-refractivity contribution in [2.24, 2.45) is 0 Å². The molecule has 0 saturated carbocycles. The zero-order chi connectivity index (χ0) is 18.6. The maximum absolute atomic E-state index is 12.8. The molecule has 0 radical (unpaired) electrons. The number of β-amino-alcohol motifs (C(OH)–C–C–N with tert-alkyl or cyclic N) is 1. The molecule has 0 aliphatic carbocycles. The topological polar surface area (TPSA) is 90.8 Å². The number of rotatable bonds is 4. The van der Waals surface area contributed by atoms with Gasteiger partial charge in [-0.2, -0.15) is 0 Å². The number of aromatic nitrogens is 2. The lowest BCUT2D eigenvalue weighted by Crippen LogP contribution is -2.49. The molecular formula is C19H23N5O3. The average Bonchev–Trinajstić information content (AvgIpc) is 3.11. The Labute approximate surface area is 157 Å². The second-order valence-corrected chi connectivity index (χ2v) is 6.78. The molecule has 1 amide bonds. The number of para-hydroxylation sites is 1. The first-order valence-corrected chi connectivity index (χ1v) is 9.14. The van der Waals surface area contributed by atoms with E-state index in [1.165, 1.54) is 12.4 Å². The number of aliphatic hydroxyl groups excluding tert-OH is 1. The minimum absolute atomic E-state index is 0.0437. The van der Waals surface area contributed by atoms with Crippen LogP contribution in [-0.4, -0.2) is 82.3 Å². The normalized spacial score (nSPS) is 23.4. The van der Waals surface area contributed by atoms with E-state index in [-0.39, 0.29) is 11.9 Å². The fourth-order valence-corrected chi connectivity index (χ4v) is 3.54. The van der Waals surface area contributed by atoms with Gasteiger partial charge >= 0.3 is 0 Å². The highest BCUT2D eigenvalue weighted by Gasteiger charge is 2.38. The predicted octanol–water partition coefficient (Wildman–Crippen LogP) is 0.738. The average molecular weight is 369 g/mol.